The summed E-state index contributed by atoms with van der Waals surface area (Å²) in [5.74, 6) is 1.44. The zero-order valence-electron chi connectivity index (χ0n) is 11.4. The van der Waals surface area contributed by atoms with Crippen LogP contribution in [0.4, 0.5) is 4.39 Å². The largest absolute Gasteiger partial charge is 0.351 e. The third-order valence-electron chi connectivity index (χ3n) is 2.76. The first kappa shape index (κ1) is 16.0. The molecule has 1 unspecified atom stereocenters. The maximum absolute atomic E-state index is 13.3. The number of hydrogen-bond acceptors (Lipinski definition) is 3. The molecular formula is C14H21FN2OS. The molecule has 1 aromatic carbocycles. The van der Waals surface area contributed by atoms with E-state index >= 15 is 0 Å². The first-order chi connectivity index (χ1) is 9.02. The van der Waals surface area contributed by atoms with Crippen LogP contribution in [-0.2, 0) is 11.3 Å². The molecule has 19 heavy (non-hydrogen) atoms. The number of nitrogens with one attached hydrogen (secondary N) is 1. The van der Waals surface area contributed by atoms with Gasteiger partial charge in [0.1, 0.15) is 5.82 Å². The minimum atomic E-state index is -0.238. The maximum atomic E-state index is 13.3. The molecule has 1 aromatic rings. The summed E-state index contributed by atoms with van der Waals surface area (Å²) >= 11 is 1.57. The van der Waals surface area contributed by atoms with Gasteiger partial charge in [-0.05, 0) is 42.3 Å². The first-order valence-electron chi connectivity index (χ1n) is 6.32. The van der Waals surface area contributed by atoms with Crippen molar-refractivity contribution < 1.29 is 9.18 Å². The molecule has 0 aliphatic rings. The summed E-state index contributed by atoms with van der Waals surface area (Å²) in [5, 5.41) is 2.78. The zero-order valence-corrected chi connectivity index (χ0v) is 12.2. The average Bonchev–Trinajstić information content (AvgIpc) is 2.40. The second-order valence-electron chi connectivity index (χ2n) is 4.72. The van der Waals surface area contributed by atoms with E-state index < -0.39 is 0 Å². The van der Waals surface area contributed by atoms with Gasteiger partial charge < -0.3 is 11.1 Å². The van der Waals surface area contributed by atoms with Crippen LogP contribution in [0.2, 0.25) is 0 Å². The quantitative estimate of drug-likeness (QED) is 0.806. The Labute approximate surface area is 118 Å². The lowest BCUT2D eigenvalue weighted by Gasteiger charge is -2.08. The lowest BCUT2D eigenvalue weighted by molar-refractivity contribution is -0.118. The Hall–Kier alpha value is -1.07. The van der Waals surface area contributed by atoms with Crippen LogP contribution in [0.1, 0.15) is 18.1 Å². The van der Waals surface area contributed by atoms with Crippen molar-refractivity contribution in [2.24, 2.45) is 11.7 Å². The van der Waals surface area contributed by atoms with Gasteiger partial charge in [-0.1, -0.05) is 19.1 Å². The lowest BCUT2D eigenvalue weighted by atomic mass is 10.1. The van der Waals surface area contributed by atoms with E-state index in [1.54, 1.807) is 24.8 Å². The van der Waals surface area contributed by atoms with Crippen molar-refractivity contribution in [1.82, 2.24) is 5.32 Å². The van der Waals surface area contributed by atoms with E-state index in [1.165, 1.54) is 6.07 Å². The number of hydrogen-bond donors (Lipinski definition) is 2. The average molecular weight is 284 g/mol. The fourth-order valence-electron chi connectivity index (χ4n) is 1.42. The normalized spacial score (nSPS) is 12.2. The van der Waals surface area contributed by atoms with Crippen molar-refractivity contribution in [3.63, 3.8) is 0 Å². The van der Waals surface area contributed by atoms with E-state index in [2.05, 4.69) is 12.2 Å². The number of thioether (sulfide) groups is 1. The molecular weight excluding hydrogens is 263 g/mol. The molecule has 0 bridgehead atoms. The Morgan fingerprint density at radius 1 is 1.53 bits per heavy atom. The molecule has 5 heteroatoms. The van der Waals surface area contributed by atoms with Gasteiger partial charge in [0.25, 0.3) is 0 Å². The van der Waals surface area contributed by atoms with Crippen LogP contribution in [0, 0.1) is 18.7 Å². The SMILES string of the molecule is Cc1ccc(CNC(=O)CSCC(C)CN)cc1F. The molecule has 0 saturated carbocycles. The molecule has 1 rings (SSSR count). The highest BCUT2D eigenvalue weighted by Gasteiger charge is 2.05. The first-order valence-corrected chi connectivity index (χ1v) is 7.48. The van der Waals surface area contributed by atoms with Crippen molar-refractivity contribution in [3.8, 4) is 0 Å². The fourth-order valence-corrected chi connectivity index (χ4v) is 2.36. The van der Waals surface area contributed by atoms with E-state index in [1.807, 2.05) is 6.07 Å². The van der Waals surface area contributed by atoms with E-state index in [0.717, 1.165) is 11.3 Å². The third-order valence-corrected chi connectivity index (χ3v) is 4.03. The molecule has 3 N–H and O–H groups in total. The summed E-state index contributed by atoms with van der Waals surface area (Å²) in [4.78, 5) is 11.6. The summed E-state index contributed by atoms with van der Waals surface area (Å²) in [6, 6.07) is 5.00. The molecule has 1 amide bonds. The van der Waals surface area contributed by atoms with Gasteiger partial charge in [0.15, 0.2) is 0 Å². The molecule has 0 spiro atoms. The van der Waals surface area contributed by atoms with Crippen LogP contribution in [0.3, 0.4) is 0 Å². The van der Waals surface area contributed by atoms with Gasteiger partial charge in [0, 0.05) is 6.54 Å². The van der Waals surface area contributed by atoms with E-state index in [9.17, 15) is 9.18 Å². The van der Waals surface area contributed by atoms with Gasteiger partial charge in [0.2, 0.25) is 5.91 Å². The van der Waals surface area contributed by atoms with Crippen molar-refractivity contribution in [1.29, 1.82) is 0 Å². The highest BCUT2D eigenvalue weighted by atomic mass is 32.2. The highest BCUT2D eigenvalue weighted by molar-refractivity contribution is 7.99. The number of carbonyl (C=O) groups excluding carboxylic acids is 1. The van der Waals surface area contributed by atoms with Crippen LogP contribution in [-0.4, -0.2) is 24.0 Å². The van der Waals surface area contributed by atoms with Crippen LogP contribution >= 0.6 is 11.8 Å². The number of aryl methyl sites for hydroxylation is 1. The van der Waals surface area contributed by atoms with Crippen LogP contribution < -0.4 is 11.1 Å². The Balaban J connectivity index is 2.28. The summed E-state index contributed by atoms with van der Waals surface area (Å²) in [6.45, 7) is 4.77. The van der Waals surface area contributed by atoms with E-state index in [0.29, 0.717) is 30.3 Å². The molecule has 106 valence electrons. The predicted molar refractivity (Wildman–Crippen MR) is 78.5 cm³/mol. The molecule has 3 nitrogen and oxygen atoms in total. The Bertz CT molecular complexity index is 426. The molecule has 0 aromatic heterocycles. The number of rotatable bonds is 7. The molecule has 0 saturated heterocycles. The second-order valence-corrected chi connectivity index (χ2v) is 5.75. The standard InChI is InChI=1S/C14H21FN2OS/c1-10(6-16)8-19-9-14(18)17-7-12-4-3-11(2)13(15)5-12/h3-5,10H,6-9,16H2,1-2H3,(H,17,18). The molecule has 0 fully saturated rings. The number of carbonyl (C=O) groups is 1. The van der Waals surface area contributed by atoms with Gasteiger partial charge in [-0.2, -0.15) is 11.8 Å². The molecule has 1 atom stereocenters. The molecule has 0 radical (unpaired) electrons. The summed E-state index contributed by atoms with van der Waals surface area (Å²) in [5.41, 5.74) is 6.89. The van der Waals surface area contributed by atoms with Crippen molar-refractivity contribution in [3.05, 3.63) is 35.1 Å². The van der Waals surface area contributed by atoms with E-state index in [4.69, 9.17) is 5.73 Å². The zero-order chi connectivity index (χ0) is 14.3. The fraction of sp³-hybridized carbons (Fsp3) is 0.500. The smallest absolute Gasteiger partial charge is 0.230 e. The predicted octanol–water partition coefficient (Wildman–Crippen LogP) is 2.08. The maximum Gasteiger partial charge on any atom is 0.230 e. The van der Waals surface area contributed by atoms with Gasteiger partial charge in [-0.15, -0.1) is 0 Å². The minimum Gasteiger partial charge on any atom is -0.351 e. The summed E-state index contributed by atoms with van der Waals surface area (Å²) in [7, 11) is 0. The van der Waals surface area contributed by atoms with Crippen molar-refractivity contribution in [2.75, 3.05) is 18.1 Å². The Morgan fingerprint density at radius 2 is 2.26 bits per heavy atom. The Morgan fingerprint density at radius 3 is 2.89 bits per heavy atom. The number of amides is 1. The second kappa shape index (κ2) is 8.17. The summed E-state index contributed by atoms with van der Waals surface area (Å²) in [6.07, 6.45) is 0. The van der Waals surface area contributed by atoms with Crippen LogP contribution in [0.15, 0.2) is 18.2 Å². The van der Waals surface area contributed by atoms with Crippen LogP contribution in [0.25, 0.3) is 0 Å². The van der Waals surface area contributed by atoms with Gasteiger partial charge in [-0.3, -0.25) is 4.79 Å². The van der Waals surface area contributed by atoms with Gasteiger partial charge in [0.05, 0.1) is 5.75 Å². The molecule has 0 aliphatic carbocycles. The molecule has 0 aliphatic heterocycles. The molecule has 0 heterocycles. The summed E-state index contributed by atoms with van der Waals surface area (Å²) < 4.78 is 13.3. The van der Waals surface area contributed by atoms with Crippen molar-refractivity contribution in [2.45, 2.75) is 20.4 Å². The number of halogens is 1. The van der Waals surface area contributed by atoms with Gasteiger partial charge >= 0.3 is 0 Å². The minimum absolute atomic E-state index is 0.0322. The monoisotopic (exact) mass is 284 g/mol. The van der Waals surface area contributed by atoms with Crippen LogP contribution in [0.5, 0.6) is 0 Å². The lowest BCUT2D eigenvalue weighted by Crippen LogP contribution is -2.25. The van der Waals surface area contributed by atoms with Crippen molar-refractivity contribution >= 4 is 17.7 Å². The third kappa shape index (κ3) is 6.07. The Kier molecular flexibility index (Phi) is 6.87. The topological polar surface area (TPSA) is 55.1 Å². The highest BCUT2D eigenvalue weighted by Crippen LogP contribution is 2.09. The van der Waals surface area contributed by atoms with E-state index in [-0.39, 0.29) is 11.7 Å². The number of nitrogens with two attached hydrogens (primary N) is 1. The van der Waals surface area contributed by atoms with Gasteiger partial charge in [-0.25, -0.2) is 4.39 Å². The number of benzene rings is 1.